The molecule has 180 valence electrons. The minimum Gasteiger partial charge on any atom is -0.489 e. The van der Waals surface area contributed by atoms with E-state index in [0.29, 0.717) is 23.4 Å². The molecular formula is C29H36N2O3. The predicted octanol–water partition coefficient (Wildman–Crippen LogP) is 6.28. The van der Waals surface area contributed by atoms with E-state index in [2.05, 4.69) is 42.2 Å². The molecule has 1 N–H and O–H groups in total. The monoisotopic (exact) mass is 460 g/mol. The molecular weight excluding hydrogens is 424 g/mol. The fourth-order valence-corrected chi connectivity index (χ4v) is 6.65. The lowest BCUT2D eigenvalue weighted by Crippen LogP contribution is -2.52. The van der Waals surface area contributed by atoms with Crippen molar-refractivity contribution in [2.75, 3.05) is 0 Å². The Labute approximate surface area is 202 Å². The van der Waals surface area contributed by atoms with Crippen LogP contribution in [0.3, 0.4) is 0 Å². The topological polar surface area (TPSA) is 73.6 Å². The van der Waals surface area contributed by atoms with E-state index in [4.69, 9.17) is 4.74 Å². The van der Waals surface area contributed by atoms with Crippen LogP contribution < -0.4 is 4.74 Å². The van der Waals surface area contributed by atoms with E-state index < -0.39 is 5.97 Å². The number of hydrogen-bond donors (Lipinski definition) is 1. The van der Waals surface area contributed by atoms with Gasteiger partial charge in [0.1, 0.15) is 17.4 Å². The van der Waals surface area contributed by atoms with E-state index >= 15 is 0 Å². The highest BCUT2D eigenvalue weighted by Crippen LogP contribution is 2.39. The number of aliphatic carboxylic acids is 1. The first-order valence-corrected chi connectivity index (χ1v) is 13.2. The zero-order valence-electron chi connectivity index (χ0n) is 20.2. The van der Waals surface area contributed by atoms with Gasteiger partial charge in [-0.25, -0.2) is 0 Å². The van der Waals surface area contributed by atoms with Crippen LogP contribution in [-0.2, 0) is 11.3 Å². The molecule has 2 aromatic rings. The largest absolute Gasteiger partial charge is 0.489 e. The van der Waals surface area contributed by atoms with Gasteiger partial charge in [-0.05, 0) is 80.4 Å². The van der Waals surface area contributed by atoms with Crippen LogP contribution in [0.5, 0.6) is 5.75 Å². The maximum absolute atomic E-state index is 11.6. The van der Waals surface area contributed by atoms with Crippen molar-refractivity contribution in [3.63, 3.8) is 0 Å². The summed E-state index contributed by atoms with van der Waals surface area (Å²) in [6, 6.07) is 13.6. The van der Waals surface area contributed by atoms with Gasteiger partial charge in [-0.15, -0.1) is 0 Å². The first-order valence-electron chi connectivity index (χ1n) is 13.2. The SMILES string of the molecule is CCC1CCC(Oc2ccc3ccc(CN4C5CCCC4CC(C(=O)O)C5)cc3c2C#N)CC1. The lowest BCUT2D eigenvalue weighted by molar-refractivity contribution is -0.146. The summed E-state index contributed by atoms with van der Waals surface area (Å²) in [5.74, 6) is 0.679. The zero-order valence-corrected chi connectivity index (χ0v) is 20.2. The lowest BCUT2D eigenvalue weighted by Gasteiger charge is -2.48. The number of fused-ring (bicyclic) bond motifs is 3. The van der Waals surface area contributed by atoms with Gasteiger partial charge in [0.05, 0.1) is 12.0 Å². The smallest absolute Gasteiger partial charge is 0.306 e. The predicted molar refractivity (Wildman–Crippen MR) is 133 cm³/mol. The van der Waals surface area contributed by atoms with Gasteiger partial charge in [-0.3, -0.25) is 9.69 Å². The fraction of sp³-hybridized carbons (Fsp3) is 0.586. The van der Waals surface area contributed by atoms with Crippen molar-refractivity contribution in [3.05, 3.63) is 41.5 Å². The van der Waals surface area contributed by atoms with Gasteiger partial charge in [0.25, 0.3) is 0 Å². The number of ether oxygens (including phenoxy) is 1. The van der Waals surface area contributed by atoms with E-state index in [1.165, 1.54) is 31.2 Å². The number of rotatable bonds is 6. The molecule has 2 aromatic carbocycles. The number of nitrogens with zero attached hydrogens (tertiary/aromatic N) is 2. The van der Waals surface area contributed by atoms with Crippen LogP contribution in [0.4, 0.5) is 0 Å². The molecule has 2 atom stereocenters. The molecule has 2 saturated heterocycles. The van der Waals surface area contributed by atoms with Gasteiger partial charge in [-0.1, -0.05) is 38.0 Å². The van der Waals surface area contributed by atoms with Crippen molar-refractivity contribution in [2.45, 2.75) is 95.9 Å². The van der Waals surface area contributed by atoms with E-state index in [1.54, 1.807) is 0 Å². The molecule has 34 heavy (non-hydrogen) atoms. The molecule has 0 radical (unpaired) electrons. The Morgan fingerprint density at radius 1 is 1.09 bits per heavy atom. The third-order valence-electron chi connectivity index (χ3n) is 8.66. The lowest BCUT2D eigenvalue weighted by atomic mass is 9.78. The van der Waals surface area contributed by atoms with E-state index in [-0.39, 0.29) is 12.0 Å². The van der Waals surface area contributed by atoms with Gasteiger partial charge in [-0.2, -0.15) is 5.26 Å². The third-order valence-corrected chi connectivity index (χ3v) is 8.66. The van der Waals surface area contributed by atoms with E-state index in [9.17, 15) is 15.2 Å². The molecule has 1 saturated carbocycles. The summed E-state index contributed by atoms with van der Waals surface area (Å²) in [6.45, 7) is 3.08. The highest BCUT2D eigenvalue weighted by molar-refractivity contribution is 5.90. The van der Waals surface area contributed by atoms with Crippen molar-refractivity contribution >= 4 is 16.7 Å². The minimum absolute atomic E-state index is 0.199. The number of carboxylic acids is 1. The second kappa shape index (κ2) is 9.96. The quantitative estimate of drug-likeness (QED) is 0.549. The van der Waals surface area contributed by atoms with Crippen LogP contribution in [-0.4, -0.2) is 34.2 Å². The summed E-state index contributed by atoms with van der Waals surface area (Å²) >= 11 is 0. The molecule has 3 aliphatic rings. The van der Waals surface area contributed by atoms with Crippen LogP contribution in [0.2, 0.25) is 0 Å². The normalized spacial score (nSPS) is 29.5. The Morgan fingerprint density at radius 3 is 2.44 bits per heavy atom. The van der Waals surface area contributed by atoms with E-state index in [0.717, 1.165) is 61.8 Å². The Morgan fingerprint density at radius 2 is 1.79 bits per heavy atom. The van der Waals surface area contributed by atoms with Gasteiger partial charge in [0.15, 0.2) is 0 Å². The average Bonchev–Trinajstić information content (AvgIpc) is 2.84. The number of carbonyl (C=O) groups is 1. The third kappa shape index (κ3) is 4.66. The fourth-order valence-electron chi connectivity index (χ4n) is 6.65. The minimum atomic E-state index is -0.642. The summed E-state index contributed by atoms with van der Waals surface area (Å²) in [5.41, 5.74) is 1.83. The molecule has 3 fully saturated rings. The van der Waals surface area contributed by atoms with Crippen LogP contribution >= 0.6 is 0 Å². The molecule has 5 nitrogen and oxygen atoms in total. The molecule has 2 aliphatic heterocycles. The maximum Gasteiger partial charge on any atom is 0.306 e. The number of hydrogen-bond acceptors (Lipinski definition) is 4. The number of piperidine rings is 2. The van der Waals surface area contributed by atoms with Crippen LogP contribution in [0.25, 0.3) is 10.8 Å². The molecule has 2 unspecified atom stereocenters. The molecule has 5 heteroatoms. The summed E-state index contributed by atoms with van der Waals surface area (Å²) in [4.78, 5) is 14.1. The van der Waals surface area contributed by atoms with Crippen LogP contribution in [0.1, 0.15) is 82.3 Å². The summed E-state index contributed by atoms with van der Waals surface area (Å²) in [5, 5.41) is 21.6. The van der Waals surface area contributed by atoms with Crippen LogP contribution in [0.15, 0.2) is 30.3 Å². The second-order valence-electron chi connectivity index (χ2n) is 10.7. The zero-order chi connectivity index (χ0) is 23.7. The average molecular weight is 461 g/mol. The Hall–Kier alpha value is -2.58. The summed E-state index contributed by atoms with van der Waals surface area (Å²) in [6.07, 6.45) is 10.8. The standard InChI is InChI=1S/C29H36N2O3/c1-2-19-7-11-25(12-8-19)34-28-13-10-21-9-6-20(14-26(21)27(28)17-30)18-31-23-4-3-5-24(31)16-22(15-23)29(32)33/h6,9-10,13-14,19,22-25H,2-5,7-8,11-12,15-16,18H2,1H3,(H,32,33). The first kappa shape index (κ1) is 23.2. The molecule has 1 aliphatic carbocycles. The Kier molecular flexibility index (Phi) is 6.79. The second-order valence-corrected chi connectivity index (χ2v) is 10.7. The summed E-state index contributed by atoms with van der Waals surface area (Å²) < 4.78 is 6.37. The van der Waals surface area contributed by atoms with Crippen molar-refractivity contribution < 1.29 is 14.6 Å². The van der Waals surface area contributed by atoms with E-state index in [1.807, 2.05) is 6.07 Å². The van der Waals surface area contributed by atoms with Crippen LogP contribution in [0, 0.1) is 23.2 Å². The Balaban J connectivity index is 1.36. The van der Waals surface area contributed by atoms with Gasteiger partial charge < -0.3 is 9.84 Å². The highest BCUT2D eigenvalue weighted by atomic mass is 16.5. The number of benzene rings is 2. The molecule has 2 bridgehead atoms. The molecule has 5 rings (SSSR count). The number of nitriles is 1. The van der Waals surface area contributed by atoms with Gasteiger partial charge in [0, 0.05) is 24.0 Å². The molecule has 0 amide bonds. The van der Waals surface area contributed by atoms with Crippen molar-refractivity contribution in [2.24, 2.45) is 11.8 Å². The van der Waals surface area contributed by atoms with Gasteiger partial charge in [0.2, 0.25) is 0 Å². The molecule has 2 heterocycles. The highest BCUT2D eigenvalue weighted by Gasteiger charge is 2.40. The first-order chi connectivity index (χ1) is 16.6. The Bertz CT molecular complexity index is 1070. The maximum atomic E-state index is 11.6. The summed E-state index contributed by atoms with van der Waals surface area (Å²) in [7, 11) is 0. The molecule has 0 aromatic heterocycles. The van der Waals surface area contributed by atoms with Gasteiger partial charge >= 0.3 is 5.97 Å². The van der Waals surface area contributed by atoms with Crippen molar-refractivity contribution in [1.29, 1.82) is 5.26 Å². The molecule has 0 spiro atoms. The van der Waals surface area contributed by atoms with Crippen molar-refractivity contribution in [3.8, 4) is 11.8 Å². The van der Waals surface area contributed by atoms with Crippen molar-refractivity contribution in [1.82, 2.24) is 4.90 Å². The number of carboxylic acid groups (broad SMARTS) is 1.